The molecule has 1 rings (SSSR count). The third kappa shape index (κ3) is 2.61. The predicted molar refractivity (Wildman–Crippen MR) is 61.2 cm³/mol. The van der Waals surface area contributed by atoms with Crippen LogP contribution in [0.15, 0.2) is 24.3 Å². The molecule has 14 heavy (non-hydrogen) atoms. The van der Waals surface area contributed by atoms with Crippen LogP contribution in [0.4, 0.5) is 11.4 Å². The van der Waals surface area contributed by atoms with Gasteiger partial charge in [-0.25, -0.2) is 0 Å². The minimum absolute atomic E-state index is 0.605. The molecule has 1 aromatic rings. The van der Waals surface area contributed by atoms with Crippen LogP contribution in [0.1, 0.15) is 0 Å². The molecular weight excluding hydrogens is 176 g/mol. The van der Waals surface area contributed by atoms with E-state index in [4.69, 9.17) is 17.2 Å². The second kappa shape index (κ2) is 5.47. The molecule has 0 unspecified atom stereocenters. The Balaban J connectivity index is 2.81. The van der Waals surface area contributed by atoms with Crippen molar-refractivity contribution in [2.75, 3.05) is 36.8 Å². The zero-order valence-corrected chi connectivity index (χ0v) is 8.32. The zero-order chi connectivity index (χ0) is 10.4. The normalized spacial score (nSPS) is 10.1. The van der Waals surface area contributed by atoms with Gasteiger partial charge in [0.2, 0.25) is 0 Å². The van der Waals surface area contributed by atoms with Crippen LogP contribution in [-0.4, -0.2) is 26.2 Å². The van der Waals surface area contributed by atoms with Gasteiger partial charge in [0.15, 0.2) is 0 Å². The Morgan fingerprint density at radius 1 is 1.00 bits per heavy atom. The average Bonchev–Trinajstić information content (AvgIpc) is 2.18. The number of benzene rings is 1. The van der Waals surface area contributed by atoms with E-state index in [9.17, 15) is 0 Å². The van der Waals surface area contributed by atoms with Gasteiger partial charge in [0.1, 0.15) is 0 Å². The molecule has 0 heterocycles. The fraction of sp³-hybridized carbons (Fsp3) is 0.400. The lowest BCUT2D eigenvalue weighted by Crippen LogP contribution is -2.34. The lowest BCUT2D eigenvalue weighted by molar-refractivity contribution is 0.783. The third-order valence-electron chi connectivity index (χ3n) is 2.08. The zero-order valence-electron chi connectivity index (χ0n) is 8.32. The molecule has 0 aliphatic heterocycles. The smallest absolute Gasteiger partial charge is 0.0600 e. The number of nitrogen functional groups attached to an aromatic ring is 1. The highest BCUT2D eigenvalue weighted by Crippen LogP contribution is 2.21. The van der Waals surface area contributed by atoms with Crippen molar-refractivity contribution >= 4 is 11.4 Å². The van der Waals surface area contributed by atoms with E-state index in [1.165, 1.54) is 0 Å². The van der Waals surface area contributed by atoms with Crippen LogP contribution in [0, 0.1) is 0 Å². The van der Waals surface area contributed by atoms with Crippen LogP contribution in [0.5, 0.6) is 0 Å². The number of hydrogen-bond donors (Lipinski definition) is 3. The second-order valence-corrected chi connectivity index (χ2v) is 3.12. The molecule has 0 saturated carbocycles. The monoisotopic (exact) mass is 194 g/mol. The lowest BCUT2D eigenvalue weighted by atomic mass is 10.2. The van der Waals surface area contributed by atoms with Gasteiger partial charge in [0.25, 0.3) is 0 Å². The lowest BCUT2D eigenvalue weighted by Gasteiger charge is -2.24. The maximum atomic E-state index is 5.86. The van der Waals surface area contributed by atoms with Crippen LogP contribution in [0.25, 0.3) is 0 Å². The summed E-state index contributed by atoms with van der Waals surface area (Å²) in [4.78, 5) is 2.11. The van der Waals surface area contributed by atoms with Crippen molar-refractivity contribution in [3.05, 3.63) is 24.3 Å². The molecule has 0 radical (unpaired) electrons. The van der Waals surface area contributed by atoms with Crippen LogP contribution in [-0.2, 0) is 0 Å². The molecule has 0 spiro atoms. The highest BCUT2D eigenvalue weighted by Gasteiger charge is 2.06. The van der Waals surface area contributed by atoms with E-state index in [-0.39, 0.29) is 0 Å². The average molecular weight is 194 g/mol. The van der Waals surface area contributed by atoms with Gasteiger partial charge in [-0.3, -0.25) is 0 Å². The van der Waals surface area contributed by atoms with Gasteiger partial charge in [-0.05, 0) is 12.1 Å². The molecule has 78 valence electrons. The summed E-state index contributed by atoms with van der Waals surface area (Å²) in [5.41, 5.74) is 18.7. The number of hydrogen-bond acceptors (Lipinski definition) is 4. The van der Waals surface area contributed by atoms with Crippen molar-refractivity contribution in [3.63, 3.8) is 0 Å². The van der Waals surface area contributed by atoms with E-state index >= 15 is 0 Å². The highest BCUT2D eigenvalue weighted by molar-refractivity contribution is 5.67. The molecule has 0 amide bonds. The molecule has 0 aromatic heterocycles. The summed E-state index contributed by atoms with van der Waals surface area (Å²) >= 11 is 0. The van der Waals surface area contributed by atoms with Crippen molar-refractivity contribution in [1.82, 2.24) is 0 Å². The summed E-state index contributed by atoms with van der Waals surface area (Å²) < 4.78 is 0. The fourth-order valence-electron chi connectivity index (χ4n) is 1.44. The molecule has 0 fully saturated rings. The maximum absolute atomic E-state index is 5.86. The largest absolute Gasteiger partial charge is 0.397 e. The summed E-state index contributed by atoms with van der Waals surface area (Å²) in [7, 11) is 0. The van der Waals surface area contributed by atoms with Crippen molar-refractivity contribution in [3.8, 4) is 0 Å². The second-order valence-electron chi connectivity index (χ2n) is 3.12. The molecule has 4 nitrogen and oxygen atoms in total. The molecular formula is C10H18N4. The minimum Gasteiger partial charge on any atom is -0.397 e. The maximum Gasteiger partial charge on any atom is 0.0600 e. The number of nitrogens with two attached hydrogens (primary N) is 3. The number of nitrogens with zero attached hydrogens (tertiary/aromatic N) is 1. The van der Waals surface area contributed by atoms with E-state index in [1.54, 1.807) is 0 Å². The van der Waals surface area contributed by atoms with Gasteiger partial charge in [-0.15, -0.1) is 0 Å². The van der Waals surface area contributed by atoms with Gasteiger partial charge in [-0.2, -0.15) is 0 Å². The SMILES string of the molecule is NCCN(CCN)c1ccccc1N. The Kier molecular flexibility index (Phi) is 4.22. The first-order valence-electron chi connectivity index (χ1n) is 4.79. The Hall–Kier alpha value is -1.26. The van der Waals surface area contributed by atoms with E-state index in [0.717, 1.165) is 24.5 Å². The fourth-order valence-corrected chi connectivity index (χ4v) is 1.44. The summed E-state index contributed by atoms with van der Waals surface area (Å²) in [6.45, 7) is 2.78. The molecule has 0 saturated heterocycles. The standard InChI is InChI=1S/C10H18N4/c11-5-7-14(8-6-12)10-4-2-1-3-9(10)13/h1-4H,5-8,11-13H2. The number of para-hydroxylation sites is 2. The predicted octanol–water partition coefficient (Wildman–Crippen LogP) is -0.00740. The molecule has 1 aromatic carbocycles. The van der Waals surface area contributed by atoms with Gasteiger partial charge in [-0.1, -0.05) is 12.1 Å². The highest BCUT2D eigenvalue weighted by atomic mass is 15.1. The Morgan fingerprint density at radius 2 is 1.57 bits per heavy atom. The quantitative estimate of drug-likeness (QED) is 0.576. The third-order valence-corrected chi connectivity index (χ3v) is 2.08. The summed E-state index contributed by atoms with van der Waals surface area (Å²) in [6.07, 6.45) is 0. The van der Waals surface area contributed by atoms with Crippen LogP contribution < -0.4 is 22.1 Å². The van der Waals surface area contributed by atoms with Gasteiger partial charge >= 0.3 is 0 Å². The van der Waals surface area contributed by atoms with Crippen molar-refractivity contribution in [2.45, 2.75) is 0 Å². The molecule has 0 bridgehead atoms. The summed E-state index contributed by atoms with van der Waals surface area (Å²) in [5, 5.41) is 0. The van der Waals surface area contributed by atoms with Crippen LogP contribution >= 0.6 is 0 Å². The summed E-state index contributed by atoms with van der Waals surface area (Å²) in [5.74, 6) is 0. The topological polar surface area (TPSA) is 81.3 Å². The van der Waals surface area contributed by atoms with Crippen molar-refractivity contribution < 1.29 is 0 Å². The van der Waals surface area contributed by atoms with Crippen LogP contribution in [0.3, 0.4) is 0 Å². The number of rotatable bonds is 5. The Bertz CT molecular complexity index is 269. The van der Waals surface area contributed by atoms with E-state index < -0.39 is 0 Å². The Morgan fingerprint density at radius 3 is 2.07 bits per heavy atom. The van der Waals surface area contributed by atoms with E-state index in [1.807, 2.05) is 24.3 Å². The molecule has 4 heteroatoms. The van der Waals surface area contributed by atoms with Gasteiger partial charge in [0, 0.05) is 26.2 Å². The van der Waals surface area contributed by atoms with Gasteiger partial charge in [0.05, 0.1) is 11.4 Å². The molecule has 0 aliphatic rings. The number of anilines is 2. The minimum atomic E-state index is 0.605. The van der Waals surface area contributed by atoms with Crippen LogP contribution in [0.2, 0.25) is 0 Å². The van der Waals surface area contributed by atoms with Gasteiger partial charge < -0.3 is 22.1 Å². The van der Waals surface area contributed by atoms with E-state index in [0.29, 0.717) is 13.1 Å². The summed E-state index contributed by atoms with van der Waals surface area (Å²) in [6, 6.07) is 7.75. The molecule has 0 aliphatic carbocycles. The van der Waals surface area contributed by atoms with Crippen molar-refractivity contribution in [1.29, 1.82) is 0 Å². The Labute approximate surface area is 84.7 Å². The first kappa shape index (κ1) is 10.8. The molecule has 0 atom stereocenters. The van der Waals surface area contributed by atoms with Crippen molar-refractivity contribution in [2.24, 2.45) is 11.5 Å². The molecule has 6 N–H and O–H groups in total. The first-order valence-corrected chi connectivity index (χ1v) is 4.79. The first-order chi connectivity index (χ1) is 6.79. The van der Waals surface area contributed by atoms with E-state index in [2.05, 4.69) is 4.90 Å².